The average Bonchev–Trinajstić information content (AvgIpc) is 2.55. The number of allylic oxidation sites excluding steroid dienone is 2. The highest BCUT2D eigenvalue weighted by atomic mass is 32.2. The topological polar surface area (TPSA) is 85.1 Å². The summed E-state index contributed by atoms with van der Waals surface area (Å²) in [5.74, 6) is 0. The van der Waals surface area contributed by atoms with Gasteiger partial charge in [0.2, 0.25) is 4.87 Å². The highest BCUT2D eigenvalue weighted by Gasteiger charge is 2.47. The molecule has 2 heterocycles. The summed E-state index contributed by atoms with van der Waals surface area (Å²) in [5, 5.41) is 3.20. The molecule has 5 nitrogen and oxygen atoms in total. The molecule has 0 aliphatic carbocycles. The first-order valence-corrected chi connectivity index (χ1v) is 9.37. The van der Waals surface area contributed by atoms with Crippen molar-refractivity contribution >= 4 is 15.5 Å². The number of dihydropyridines is 1. The summed E-state index contributed by atoms with van der Waals surface area (Å²) >= 11 is 0. The van der Waals surface area contributed by atoms with Crippen molar-refractivity contribution in [2.24, 2.45) is 5.73 Å². The molecule has 1 aliphatic rings. The summed E-state index contributed by atoms with van der Waals surface area (Å²) in [6.07, 6.45) is 6.27. The van der Waals surface area contributed by atoms with Crippen molar-refractivity contribution in [2.45, 2.75) is 11.8 Å². The SMILES string of the molecule is CC1=C(c2cccnc2)NC(c2ccccc2)(S(C)(=O)=O)C(N)=C1. The lowest BCUT2D eigenvalue weighted by Gasteiger charge is -2.39. The molecule has 1 unspecified atom stereocenters. The fourth-order valence-corrected chi connectivity index (χ4v) is 4.34. The van der Waals surface area contributed by atoms with Crippen LogP contribution in [0.5, 0.6) is 0 Å². The largest absolute Gasteiger partial charge is 0.399 e. The fraction of sp³-hybridized carbons (Fsp3) is 0.167. The molecule has 1 aromatic carbocycles. The smallest absolute Gasteiger partial charge is 0.205 e. The number of sulfone groups is 1. The third-order valence-electron chi connectivity index (χ3n) is 4.16. The number of rotatable bonds is 3. The van der Waals surface area contributed by atoms with Crippen LogP contribution in [0.25, 0.3) is 5.70 Å². The van der Waals surface area contributed by atoms with Gasteiger partial charge < -0.3 is 11.1 Å². The Morgan fingerprint density at radius 1 is 1.12 bits per heavy atom. The number of benzene rings is 1. The molecule has 0 fully saturated rings. The van der Waals surface area contributed by atoms with E-state index >= 15 is 0 Å². The molecule has 2 aromatic rings. The maximum absolute atomic E-state index is 12.8. The average molecular weight is 341 g/mol. The van der Waals surface area contributed by atoms with Gasteiger partial charge in [-0.1, -0.05) is 30.3 Å². The second-order valence-electron chi connectivity index (χ2n) is 5.84. The van der Waals surface area contributed by atoms with Gasteiger partial charge in [-0.15, -0.1) is 0 Å². The van der Waals surface area contributed by atoms with Gasteiger partial charge in [0.15, 0.2) is 9.84 Å². The summed E-state index contributed by atoms with van der Waals surface area (Å²) < 4.78 is 25.6. The molecule has 6 heteroatoms. The van der Waals surface area contributed by atoms with E-state index in [1.54, 1.807) is 42.7 Å². The van der Waals surface area contributed by atoms with Gasteiger partial charge >= 0.3 is 0 Å². The van der Waals surface area contributed by atoms with Crippen molar-refractivity contribution in [1.29, 1.82) is 0 Å². The van der Waals surface area contributed by atoms with E-state index in [0.29, 0.717) is 11.3 Å². The maximum atomic E-state index is 12.8. The van der Waals surface area contributed by atoms with Gasteiger partial charge in [-0.05, 0) is 36.3 Å². The van der Waals surface area contributed by atoms with Crippen LogP contribution >= 0.6 is 0 Å². The van der Waals surface area contributed by atoms with Crippen molar-refractivity contribution in [2.75, 3.05) is 6.26 Å². The minimum absolute atomic E-state index is 0.251. The Kier molecular flexibility index (Phi) is 3.93. The molecule has 3 N–H and O–H groups in total. The van der Waals surface area contributed by atoms with Gasteiger partial charge in [0.25, 0.3) is 0 Å². The molecule has 1 aliphatic heterocycles. The van der Waals surface area contributed by atoms with Gasteiger partial charge in [0, 0.05) is 29.9 Å². The standard InChI is InChI=1S/C18H19N3O2S/c1-13-11-16(19)18(24(2,22)23,15-8-4-3-5-9-15)21-17(13)14-7-6-10-20-12-14/h3-12,21H,19H2,1-2H3. The monoisotopic (exact) mass is 341 g/mol. The van der Waals surface area contributed by atoms with Crippen molar-refractivity contribution < 1.29 is 8.42 Å². The molecule has 0 saturated carbocycles. The minimum atomic E-state index is -3.61. The fourth-order valence-electron chi connectivity index (χ4n) is 3.00. The van der Waals surface area contributed by atoms with Crippen LogP contribution < -0.4 is 11.1 Å². The predicted octanol–water partition coefficient (Wildman–Crippen LogP) is 2.16. The number of nitrogens with two attached hydrogens (primary N) is 1. The van der Waals surface area contributed by atoms with E-state index in [1.807, 2.05) is 25.1 Å². The molecule has 124 valence electrons. The Balaban J connectivity index is 2.25. The van der Waals surface area contributed by atoms with Gasteiger partial charge in [-0.25, -0.2) is 8.42 Å². The van der Waals surface area contributed by atoms with Crippen LogP contribution in [0.4, 0.5) is 0 Å². The van der Waals surface area contributed by atoms with Crippen LogP contribution in [0.3, 0.4) is 0 Å². The molecule has 24 heavy (non-hydrogen) atoms. The van der Waals surface area contributed by atoms with Crippen molar-refractivity contribution in [3.05, 3.63) is 83.3 Å². The maximum Gasteiger partial charge on any atom is 0.205 e. The van der Waals surface area contributed by atoms with Crippen LogP contribution in [0.1, 0.15) is 18.1 Å². The molecule has 0 amide bonds. The van der Waals surface area contributed by atoms with Gasteiger partial charge in [-0.3, -0.25) is 4.98 Å². The molecular weight excluding hydrogens is 322 g/mol. The predicted molar refractivity (Wildman–Crippen MR) is 95.2 cm³/mol. The molecule has 0 bridgehead atoms. The summed E-state index contributed by atoms with van der Waals surface area (Å²) in [6.45, 7) is 1.89. The Hall–Kier alpha value is -2.60. The van der Waals surface area contributed by atoms with E-state index in [4.69, 9.17) is 5.73 Å². The van der Waals surface area contributed by atoms with Crippen LogP contribution in [-0.4, -0.2) is 19.7 Å². The van der Waals surface area contributed by atoms with Crippen LogP contribution in [0.15, 0.2) is 72.2 Å². The molecule has 0 saturated heterocycles. The van der Waals surface area contributed by atoms with E-state index in [9.17, 15) is 8.42 Å². The summed E-state index contributed by atoms with van der Waals surface area (Å²) in [4.78, 5) is 2.62. The highest BCUT2D eigenvalue weighted by molar-refractivity contribution is 7.91. The van der Waals surface area contributed by atoms with Crippen molar-refractivity contribution in [3.8, 4) is 0 Å². The van der Waals surface area contributed by atoms with Crippen molar-refractivity contribution in [1.82, 2.24) is 10.3 Å². The van der Waals surface area contributed by atoms with E-state index < -0.39 is 14.7 Å². The second-order valence-corrected chi connectivity index (χ2v) is 8.00. The third-order valence-corrected chi connectivity index (χ3v) is 5.85. The lowest BCUT2D eigenvalue weighted by molar-refractivity contribution is 0.529. The zero-order chi connectivity index (χ0) is 17.4. The van der Waals surface area contributed by atoms with E-state index in [0.717, 1.165) is 11.1 Å². The number of aromatic nitrogens is 1. The third kappa shape index (κ3) is 2.49. The molecule has 0 spiro atoms. The molecule has 1 aromatic heterocycles. The minimum Gasteiger partial charge on any atom is -0.399 e. The Morgan fingerprint density at radius 3 is 2.42 bits per heavy atom. The number of pyridine rings is 1. The van der Waals surface area contributed by atoms with E-state index in [-0.39, 0.29) is 5.70 Å². The number of nitrogens with zero attached hydrogens (tertiary/aromatic N) is 1. The zero-order valence-corrected chi connectivity index (χ0v) is 14.3. The second kappa shape index (κ2) is 5.79. The molecule has 3 rings (SSSR count). The van der Waals surface area contributed by atoms with Crippen LogP contribution in [0, 0.1) is 0 Å². The van der Waals surface area contributed by atoms with Gasteiger partial charge in [0.1, 0.15) is 0 Å². The first-order valence-electron chi connectivity index (χ1n) is 7.48. The molecule has 0 radical (unpaired) electrons. The number of hydrogen-bond acceptors (Lipinski definition) is 5. The van der Waals surface area contributed by atoms with Gasteiger partial charge in [-0.2, -0.15) is 0 Å². The summed E-state index contributed by atoms with van der Waals surface area (Å²) in [5.41, 5.74) is 9.43. The van der Waals surface area contributed by atoms with Crippen molar-refractivity contribution in [3.63, 3.8) is 0 Å². The summed E-state index contributed by atoms with van der Waals surface area (Å²) in [7, 11) is -3.61. The Labute approximate surface area is 141 Å². The molecular formula is C18H19N3O2S. The lowest BCUT2D eigenvalue weighted by atomic mass is 9.95. The Bertz CT molecular complexity index is 919. The van der Waals surface area contributed by atoms with Gasteiger partial charge in [0.05, 0.1) is 5.70 Å². The summed E-state index contributed by atoms with van der Waals surface area (Å²) in [6, 6.07) is 12.6. The lowest BCUT2D eigenvalue weighted by Crippen LogP contribution is -2.53. The van der Waals surface area contributed by atoms with E-state index in [1.165, 1.54) is 6.26 Å². The quantitative estimate of drug-likeness (QED) is 0.893. The normalized spacial score (nSPS) is 21.2. The zero-order valence-electron chi connectivity index (χ0n) is 13.5. The highest BCUT2D eigenvalue weighted by Crippen LogP contribution is 2.39. The first kappa shape index (κ1) is 16.3. The molecule has 1 atom stereocenters. The first-order chi connectivity index (χ1) is 11.4. The Morgan fingerprint density at radius 2 is 1.83 bits per heavy atom. The number of nitrogens with one attached hydrogen (secondary N) is 1. The van der Waals surface area contributed by atoms with E-state index in [2.05, 4.69) is 10.3 Å². The number of hydrogen-bond donors (Lipinski definition) is 2. The van der Waals surface area contributed by atoms with Crippen LogP contribution in [0.2, 0.25) is 0 Å². The van der Waals surface area contributed by atoms with Crippen LogP contribution in [-0.2, 0) is 14.7 Å².